The quantitative estimate of drug-likeness (QED) is 0.510. The normalized spacial score (nSPS) is 16.4. The summed E-state index contributed by atoms with van der Waals surface area (Å²) in [7, 11) is 0. The summed E-state index contributed by atoms with van der Waals surface area (Å²) >= 11 is 0. The van der Waals surface area contributed by atoms with Crippen LogP contribution in [0.5, 0.6) is 0 Å². The van der Waals surface area contributed by atoms with Crippen LogP contribution in [0.1, 0.15) is 29.3 Å². The average Bonchev–Trinajstić information content (AvgIpc) is 2.65. The van der Waals surface area contributed by atoms with Crippen LogP contribution < -0.4 is 0 Å². The molecule has 0 bridgehead atoms. The molecular formula is C21H15N3. The van der Waals surface area contributed by atoms with Gasteiger partial charge in [-0.15, -0.1) is 0 Å². The molecule has 24 heavy (non-hydrogen) atoms. The second kappa shape index (κ2) is 5.24. The van der Waals surface area contributed by atoms with Gasteiger partial charge in [0, 0.05) is 17.5 Å². The highest BCUT2D eigenvalue weighted by Gasteiger charge is 2.22. The van der Waals surface area contributed by atoms with Crippen molar-refractivity contribution in [2.75, 3.05) is 0 Å². The predicted octanol–water partition coefficient (Wildman–Crippen LogP) is 4.73. The Labute approximate surface area is 139 Å². The van der Waals surface area contributed by atoms with Crippen molar-refractivity contribution in [1.29, 1.82) is 0 Å². The Morgan fingerprint density at radius 2 is 1.62 bits per heavy atom. The number of aromatic nitrogens is 3. The number of allylic oxidation sites excluding steroid dienone is 1. The molecule has 2 aromatic heterocycles. The molecule has 1 aliphatic rings. The van der Waals surface area contributed by atoms with Gasteiger partial charge in [0.1, 0.15) is 0 Å². The molecule has 114 valence electrons. The predicted molar refractivity (Wildman–Crippen MR) is 96.8 cm³/mol. The second-order valence-electron chi connectivity index (χ2n) is 6.13. The van der Waals surface area contributed by atoms with E-state index in [1.165, 1.54) is 10.9 Å². The number of benzene rings is 2. The molecule has 2 aromatic carbocycles. The minimum absolute atomic E-state index is 0.208. The molecule has 0 saturated carbocycles. The third-order valence-electron chi connectivity index (χ3n) is 4.63. The van der Waals surface area contributed by atoms with Crippen LogP contribution in [0, 0.1) is 0 Å². The lowest BCUT2D eigenvalue weighted by Gasteiger charge is -2.21. The van der Waals surface area contributed by atoms with E-state index in [-0.39, 0.29) is 5.92 Å². The molecule has 0 aliphatic heterocycles. The average molecular weight is 309 g/mol. The fourth-order valence-corrected chi connectivity index (χ4v) is 3.42. The Morgan fingerprint density at radius 1 is 0.833 bits per heavy atom. The maximum Gasteiger partial charge on any atom is 0.0890 e. The SMILES string of the molecule is C1=Cc2nc3ccccc3cc2C(c2cnc3ccccc3n2)C1. The molecule has 0 radical (unpaired) electrons. The first-order chi connectivity index (χ1) is 11.9. The molecule has 4 aromatic rings. The summed E-state index contributed by atoms with van der Waals surface area (Å²) in [6.07, 6.45) is 7.14. The van der Waals surface area contributed by atoms with Crippen LogP contribution in [0.3, 0.4) is 0 Å². The monoisotopic (exact) mass is 309 g/mol. The number of fused-ring (bicyclic) bond motifs is 3. The Hall–Kier alpha value is -3.07. The Balaban J connectivity index is 1.69. The highest BCUT2D eigenvalue weighted by Crippen LogP contribution is 2.35. The van der Waals surface area contributed by atoms with Gasteiger partial charge in [0.25, 0.3) is 0 Å². The Morgan fingerprint density at radius 3 is 2.54 bits per heavy atom. The lowest BCUT2D eigenvalue weighted by Crippen LogP contribution is -2.09. The smallest absolute Gasteiger partial charge is 0.0890 e. The van der Waals surface area contributed by atoms with Crippen molar-refractivity contribution in [2.24, 2.45) is 0 Å². The molecule has 0 spiro atoms. The Kier molecular flexibility index (Phi) is 2.92. The lowest BCUT2D eigenvalue weighted by atomic mass is 9.86. The molecule has 5 rings (SSSR count). The van der Waals surface area contributed by atoms with Gasteiger partial charge in [-0.3, -0.25) is 4.98 Å². The summed E-state index contributed by atoms with van der Waals surface area (Å²) in [4.78, 5) is 14.3. The highest BCUT2D eigenvalue weighted by molar-refractivity contribution is 5.82. The van der Waals surface area contributed by atoms with Crippen LogP contribution in [0.2, 0.25) is 0 Å². The maximum absolute atomic E-state index is 4.85. The van der Waals surface area contributed by atoms with Gasteiger partial charge in [-0.1, -0.05) is 36.4 Å². The number of rotatable bonds is 1. The van der Waals surface area contributed by atoms with Crippen molar-refractivity contribution >= 4 is 28.0 Å². The van der Waals surface area contributed by atoms with Gasteiger partial charge >= 0.3 is 0 Å². The standard InChI is InChI=1S/C21H15N3/c1-2-8-17-14(6-1)12-16-15(7-5-11-18(16)23-17)21-13-22-19-9-3-4-10-20(19)24-21/h1-6,8-13,15H,7H2. The molecule has 0 amide bonds. The number of nitrogens with zero attached hydrogens (tertiary/aromatic N) is 3. The van der Waals surface area contributed by atoms with Crippen LogP contribution >= 0.6 is 0 Å². The fourth-order valence-electron chi connectivity index (χ4n) is 3.42. The third-order valence-corrected chi connectivity index (χ3v) is 4.63. The molecule has 0 fully saturated rings. The van der Waals surface area contributed by atoms with Crippen molar-refractivity contribution in [3.05, 3.63) is 83.8 Å². The summed E-state index contributed by atoms with van der Waals surface area (Å²) in [5.41, 5.74) is 6.20. The molecule has 0 saturated heterocycles. The zero-order valence-electron chi connectivity index (χ0n) is 13.1. The van der Waals surface area contributed by atoms with Gasteiger partial charge in [-0.05, 0) is 42.3 Å². The second-order valence-corrected chi connectivity index (χ2v) is 6.13. The Bertz CT molecular complexity index is 1100. The lowest BCUT2D eigenvalue weighted by molar-refractivity contribution is 0.780. The van der Waals surface area contributed by atoms with Crippen LogP contribution in [0.4, 0.5) is 0 Å². The van der Waals surface area contributed by atoms with Gasteiger partial charge in [0.05, 0.1) is 27.9 Å². The van der Waals surface area contributed by atoms with E-state index in [0.717, 1.165) is 34.4 Å². The fraction of sp³-hybridized carbons (Fsp3) is 0.0952. The highest BCUT2D eigenvalue weighted by atomic mass is 14.8. The molecule has 1 unspecified atom stereocenters. The van der Waals surface area contributed by atoms with E-state index < -0.39 is 0 Å². The van der Waals surface area contributed by atoms with Crippen molar-refractivity contribution in [3.63, 3.8) is 0 Å². The van der Waals surface area contributed by atoms with Crippen LogP contribution in [0.15, 0.2) is 66.9 Å². The van der Waals surface area contributed by atoms with E-state index in [2.05, 4.69) is 41.4 Å². The van der Waals surface area contributed by atoms with Crippen molar-refractivity contribution in [2.45, 2.75) is 12.3 Å². The van der Waals surface area contributed by atoms with Gasteiger partial charge in [-0.25, -0.2) is 9.97 Å². The maximum atomic E-state index is 4.85. The van der Waals surface area contributed by atoms with E-state index in [1.807, 2.05) is 36.5 Å². The minimum atomic E-state index is 0.208. The third kappa shape index (κ3) is 2.09. The van der Waals surface area contributed by atoms with Gasteiger partial charge in [-0.2, -0.15) is 0 Å². The van der Waals surface area contributed by atoms with Gasteiger partial charge in [0.15, 0.2) is 0 Å². The molecule has 0 N–H and O–H groups in total. The summed E-state index contributed by atoms with van der Waals surface area (Å²) in [5, 5.41) is 1.17. The number of para-hydroxylation sites is 3. The molecule has 2 heterocycles. The van der Waals surface area contributed by atoms with E-state index in [4.69, 9.17) is 9.97 Å². The largest absolute Gasteiger partial charge is 0.253 e. The zero-order valence-corrected chi connectivity index (χ0v) is 13.1. The first-order valence-corrected chi connectivity index (χ1v) is 8.16. The molecule has 1 aliphatic carbocycles. The van der Waals surface area contributed by atoms with E-state index in [0.29, 0.717) is 0 Å². The van der Waals surface area contributed by atoms with Gasteiger partial charge < -0.3 is 0 Å². The molecular weight excluding hydrogens is 294 g/mol. The summed E-state index contributed by atoms with van der Waals surface area (Å²) in [5.74, 6) is 0.208. The first kappa shape index (κ1) is 13.4. The summed E-state index contributed by atoms with van der Waals surface area (Å²) in [6.45, 7) is 0. The molecule has 3 nitrogen and oxygen atoms in total. The van der Waals surface area contributed by atoms with Crippen LogP contribution in [0.25, 0.3) is 28.0 Å². The van der Waals surface area contributed by atoms with E-state index >= 15 is 0 Å². The number of hydrogen-bond donors (Lipinski definition) is 0. The zero-order chi connectivity index (χ0) is 15.9. The first-order valence-electron chi connectivity index (χ1n) is 8.16. The van der Waals surface area contributed by atoms with E-state index in [9.17, 15) is 0 Å². The molecule has 1 atom stereocenters. The van der Waals surface area contributed by atoms with Gasteiger partial charge in [0.2, 0.25) is 0 Å². The minimum Gasteiger partial charge on any atom is -0.253 e. The van der Waals surface area contributed by atoms with Crippen LogP contribution in [-0.2, 0) is 0 Å². The number of hydrogen-bond acceptors (Lipinski definition) is 3. The number of pyridine rings is 1. The van der Waals surface area contributed by atoms with Crippen molar-refractivity contribution in [1.82, 2.24) is 15.0 Å². The topological polar surface area (TPSA) is 38.7 Å². The van der Waals surface area contributed by atoms with E-state index in [1.54, 1.807) is 0 Å². The van der Waals surface area contributed by atoms with Crippen molar-refractivity contribution < 1.29 is 0 Å². The van der Waals surface area contributed by atoms with Crippen molar-refractivity contribution in [3.8, 4) is 0 Å². The van der Waals surface area contributed by atoms with Crippen LogP contribution in [-0.4, -0.2) is 15.0 Å². The summed E-state index contributed by atoms with van der Waals surface area (Å²) < 4.78 is 0. The summed E-state index contributed by atoms with van der Waals surface area (Å²) in [6, 6.07) is 18.5. The molecule has 3 heteroatoms.